The van der Waals surface area contributed by atoms with Crippen molar-refractivity contribution in [3.8, 4) is 11.5 Å². The first-order valence-electron chi connectivity index (χ1n) is 6.97. The van der Waals surface area contributed by atoms with Crippen LogP contribution >= 0.6 is 0 Å². The predicted octanol–water partition coefficient (Wildman–Crippen LogP) is 2.68. The molecule has 0 fully saturated rings. The van der Waals surface area contributed by atoms with Crippen molar-refractivity contribution in [2.45, 2.75) is 19.0 Å². The van der Waals surface area contributed by atoms with Gasteiger partial charge in [0.2, 0.25) is 0 Å². The highest BCUT2D eigenvalue weighted by molar-refractivity contribution is 5.42. The maximum absolute atomic E-state index is 5.49. The summed E-state index contributed by atoms with van der Waals surface area (Å²) in [5.41, 5.74) is 1.13. The summed E-state index contributed by atoms with van der Waals surface area (Å²) in [6, 6.07) is 10.0. The Labute approximate surface area is 125 Å². The van der Waals surface area contributed by atoms with Gasteiger partial charge in [0, 0.05) is 12.5 Å². The number of nitrogens with two attached hydrogens (primary N) is 1. The molecule has 2 rings (SSSR count). The number of rotatable bonds is 8. The largest absolute Gasteiger partial charge is 0.497 e. The van der Waals surface area contributed by atoms with Crippen LogP contribution in [0.2, 0.25) is 0 Å². The van der Waals surface area contributed by atoms with Crippen molar-refractivity contribution < 1.29 is 19.2 Å². The Morgan fingerprint density at radius 3 is 2.76 bits per heavy atom. The summed E-state index contributed by atoms with van der Waals surface area (Å²) < 4.78 is 16.1. The molecule has 0 saturated heterocycles. The lowest BCUT2D eigenvalue weighted by Gasteiger charge is -2.17. The molecule has 0 aliphatic rings. The van der Waals surface area contributed by atoms with Crippen molar-refractivity contribution in [3.05, 3.63) is 60.6 Å². The highest BCUT2D eigenvalue weighted by Crippen LogP contribution is 2.29. The summed E-state index contributed by atoms with van der Waals surface area (Å²) in [5, 5.41) is 2.23. The number of hydrogen-bond donors (Lipinski definition) is 1. The maximum Gasteiger partial charge on any atom is 0.157 e. The summed E-state index contributed by atoms with van der Waals surface area (Å²) in [4.78, 5) is 0. The predicted molar refractivity (Wildman–Crippen MR) is 81.4 cm³/mol. The standard InChI is InChI=1S/C17H21NO3/c1-4-6-16(18-12-14-7-5-10-21-14)15-9-8-13(19-2)11-17(15)20-3/h4-5,7-11,16,18H,1,6,12H2,2-3H3/p+1/t16-/m0/s1. The van der Waals surface area contributed by atoms with Crippen LogP contribution in [-0.4, -0.2) is 14.2 Å². The van der Waals surface area contributed by atoms with Gasteiger partial charge in [0.25, 0.3) is 0 Å². The molecule has 112 valence electrons. The molecule has 0 unspecified atom stereocenters. The monoisotopic (exact) mass is 288 g/mol. The van der Waals surface area contributed by atoms with Gasteiger partial charge in [0.15, 0.2) is 5.76 Å². The molecule has 0 aliphatic heterocycles. The van der Waals surface area contributed by atoms with E-state index in [2.05, 4.69) is 11.9 Å². The minimum Gasteiger partial charge on any atom is -0.497 e. The van der Waals surface area contributed by atoms with Crippen molar-refractivity contribution in [2.24, 2.45) is 0 Å². The average Bonchev–Trinajstić information content (AvgIpc) is 3.04. The normalized spacial score (nSPS) is 11.9. The van der Waals surface area contributed by atoms with E-state index in [1.807, 2.05) is 36.4 Å². The number of furan rings is 1. The molecule has 0 amide bonds. The van der Waals surface area contributed by atoms with Gasteiger partial charge < -0.3 is 19.2 Å². The summed E-state index contributed by atoms with van der Waals surface area (Å²) in [7, 11) is 3.33. The minimum atomic E-state index is 0.230. The van der Waals surface area contributed by atoms with Crippen LogP contribution in [0.5, 0.6) is 11.5 Å². The van der Waals surface area contributed by atoms with Crippen LogP contribution in [0, 0.1) is 0 Å². The van der Waals surface area contributed by atoms with E-state index >= 15 is 0 Å². The van der Waals surface area contributed by atoms with Crippen molar-refractivity contribution in [1.82, 2.24) is 0 Å². The molecule has 2 aromatic rings. The van der Waals surface area contributed by atoms with Crippen LogP contribution in [0.1, 0.15) is 23.8 Å². The molecule has 0 aliphatic carbocycles. The van der Waals surface area contributed by atoms with Crippen LogP contribution in [0.15, 0.2) is 53.7 Å². The van der Waals surface area contributed by atoms with Gasteiger partial charge in [-0.05, 0) is 24.3 Å². The quantitative estimate of drug-likeness (QED) is 0.760. The third-order valence-electron chi connectivity index (χ3n) is 3.44. The number of methoxy groups -OCH3 is 2. The molecule has 21 heavy (non-hydrogen) atoms. The highest BCUT2D eigenvalue weighted by Gasteiger charge is 2.19. The highest BCUT2D eigenvalue weighted by atomic mass is 16.5. The SMILES string of the molecule is C=CC[C@H]([NH2+]Cc1ccco1)c1ccc(OC)cc1OC. The van der Waals surface area contributed by atoms with E-state index in [4.69, 9.17) is 13.9 Å². The lowest BCUT2D eigenvalue weighted by atomic mass is 10.0. The van der Waals surface area contributed by atoms with Crippen molar-refractivity contribution in [3.63, 3.8) is 0 Å². The maximum atomic E-state index is 5.49. The zero-order valence-electron chi connectivity index (χ0n) is 12.5. The molecule has 0 bridgehead atoms. The van der Waals surface area contributed by atoms with Crippen LogP contribution in [0.3, 0.4) is 0 Å². The Balaban J connectivity index is 2.18. The molecule has 0 radical (unpaired) electrons. The fourth-order valence-electron chi connectivity index (χ4n) is 2.34. The van der Waals surface area contributed by atoms with Crippen molar-refractivity contribution in [1.29, 1.82) is 0 Å². The molecule has 1 atom stereocenters. The lowest BCUT2D eigenvalue weighted by molar-refractivity contribution is -0.712. The summed E-state index contributed by atoms with van der Waals surface area (Å²) in [6.07, 6.45) is 4.47. The van der Waals surface area contributed by atoms with Crippen LogP contribution in [-0.2, 0) is 6.54 Å². The van der Waals surface area contributed by atoms with E-state index in [0.29, 0.717) is 0 Å². The summed E-state index contributed by atoms with van der Waals surface area (Å²) in [5.74, 6) is 2.58. The van der Waals surface area contributed by atoms with E-state index in [0.717, 1.165) is 35.8 Å². The van der Waals surface area contributed by atoms with E-state index in [1.165, 1.54) is 0 Å². The van der Waals surface area contributed by atoms with Crippen LogP contribution in [0.25, 0.3) is 0 Å². The van der Waals surface area contributed by atoms with Gasteiger partial charge in [-0.3, -0.25) is 0 Å². The Morgan fingerprint density at radius 2 is 2.14 bits per heavy atom. The zero-order chi connectivity index (χ0) is 15.1. The Morgan fingerprint density at radius 1 is 1.29 bits per heavy atom. The number of hydrogen-bond acceptors (Lipinski definition) is 3. The molecular formula is C17H22NO3+. The first kappa shape index (κ1) is 15.2. The smallest absolute Gasteiger partial charge is 0.157 e. The molecule has 1 aromatic heterocycles. The number of benzene rings is 1. The fourth-order valence-corrected chi connectivity index (χ4v) is 2.34. The molecule has 1 aromatic carbocycles. The second-order valence-electron chi connectivity index (χ2n) is 4.76. The van der Waals surface area contributed by atoms with E-state index in [9.17, 15) is 0 Å². The number of quaternary nitrogens is 1. The van der Waals surface area contributed by atoms with Gasteiger partial charge in [-0.2, -0.15) is 0 Å². The van der Waals surface area contributed by atoms with Gasteiger partial charge in [-0.15, -0.1) is 6.58 Å². The molecule has 4 heteroatoms. The molecule has 0 spiro atoms. The Hall–Kier alpha value is -2.20. The Bertz CT molecular complexity index is 563. The molecular weight excluding hydrogens is 266 g/mol. The third-order valence-corrected chi connectivity index (χ3v) is 3.44. The molecule has 0 saturated carbocycles. The van der Waals surface area contributed by atoms with Crippen LogP contribution in [0.4, 0.5) is 0 Å². The van der Waals surface area contributed by atoms with Gasteiger partial charge in [-0.1, -0.05) is 6.08 Å². The first-order valence-corrected chi connectivity index (χ1v) is 6.97. The fraction of sp³-hybridized carbons (Fsp3) is 0.294. The molecule has 4 nitrogen and oxygen atoms in total. The minimum absolute atomic E-state index is 0.230. The number of ether oxygens (including phenoxy) is 2. The van der Waals surface area contributed by atoms with Crippen molar-refractivity contribution in [2.75, 3.05) is 14.2 Å². The average molecular weight is 288 g/mol. The first-order chi connectivity index (χ1) is 10.3. The van der Waals surface area contributed by atoms with E-state index < -0.39 is 0 Å². The van der Waals surface area contributed by atoms with Gasteiger partial charge in [0.1, 0.15) is 24.1 Å². The molecule has 1 heterocycles. The van der Waals surface area contributed by atoms with Crippen molar-refractivity contribution >= 4 is 0 Å². The molecule has 2 N–H and O–H groups in total. The lowest BCUT2D eigenvalue weighted by Crippen LogP contribution is -2.83. The van der Waals surface area contributed by atoms with Gasteiger partial charge in [-0.25, -0.2) is 0 Å². The second kappa shape index (κ2) is 7.55. The third kappa shape index (κ3) is 3.89. The van der Waals surface area contributed by atoms with E-state index in [1.54, 1.807) is 20.5 Å². The van der Waals surface area contributed by atoms with Gasteiger partial charge >= 0.3 is 0 Å². The summed E-state index contributed by atoms with van der Waals surface area (Å²) in [6.45, 7) is 4.63. The van der Waals surface area contributed by atoms with Gasteiger partial charge in [0.05, 0.1) is 26.0 Å². The van der Waals surface area contributed by atoms with Crippen LogP contribution < -0.4 is 14.8 Å². The summed E-state index contributed by atoms with van der Waals surface area (Å²) >= 11 is 0. The second-order valence-corrected chi connectivity index (χ2v) is 4.76. The zero-order valence-corrected chi connectivity index (χ0v) is 12.5. The topological polar surface area (TPSA) is 48.2 Å². The van der Waals surface area contributed by atoms with E-state index in [-0.39, 0.29) is 6.04 Å². The Kier molecular flexibility index (Phi) is 5.46.